The number of benzene rings is 1. The highest BCUT2D eigenvalue weighted by Gasteiger charge is 2.00. The lowest BCUT2D eigenvalue weighted by Gasteiger charge is -2.06. The number of unbranched alkanes of at least 4 members (excludes halogenated alkanes) is 3. The van der Waals surface area contributed by atoms with Gasteiger partial charge in [-0.2, -0.15) is 0 Å². The fraction of sp³-hybridized carbons (Fsp3) is 0.500. The minimum Gasteiger partial charge on any atom is -0.325 e. The van der Waals surface area contributed by atoms with Crippen molar-refractivity contribution in [2.45, 2.75) is 32.6 Å². The molecule has 0 unspecified atom stereocenters. The first-order chi connectivity index (χ1) is 8.33. The highest BCUT2D eigenvalue weighted by Crippen LogP contribution is 2.04. The number of hydrogen-bond acceptors (Lipinski definition) is 2. The molecule has 1 amide bonds. The van der Waals surface area contributed by atoms with E-state index in [1.165, 1.54) is 19.3 Å². The second-order valence-corrected chi connectivity index (χ2v) is 4.15. The van der Waals surface area contributed by atoms with Crippen LogP contribution in [0, 0.1) is 0 Å². The summed E-state index contributed by atoms with van der Waals surface area (Å²) in [7, 11) is 0. The second kappa shape index (κ2) is 8.76. The first kappa shape index (κ1) is 13.7. The van der Waals surface area contributed by atoms with E-state index in [2.05, 4.69) is 17.6 Å². The van der Waals surface area contributed by atoms with Gasteiger partial charge in [0, 0.05) is 5.69 Å². The zero-order valence-corrected chi connectivity index (χ0v) is 10.5. The quantitative estimate of drug-likeness (QED) is 0.679. The van der Waals surface area contributed by atoms with E-state index in [1.54, 1.807) is 0 Å². The molecule has 2 N–H and O–H groups in total. The third kappa shape index (κ3) is 6.74. The molecule has 0 aliphatic rings. The predicted molar refractivity (Wildman–Crippen MR) is 72.1 cm³/mol. The lowest BCUT2D eigenvalue weighted by molar-refractivity contribution is -0.115. The van der Waals surface area contributed by atoms with E-state index in [0.29, 0.717) is 6.54 Å². The molecule has 0 saturated carbocycles. The van der Waals surface area contributed by atoms with E-state index in [-0.39, 0.29) is 5.91 Å². The molecule has 0 aliphatic carbocycles. The third-order valence-electron chi connectivity index (χ3n) is 2.55. The molecule has 0 spiro atoms. The molecular formula is C14H22N2O. The Balaban J connectivity index is 2.06. The summed E-state index contributed by atoms with van der Waals surface area (Å²) in [5, 5.41) is 5.99. The van der Waals surface area contributed by atoms with Gasteiger partial charge in [-0.05, 0) is 25.1 Å². The number of rotatable bonds is 8. The van der Waals surface area contributed by atoms with Gasteiger partial charge in [-0.1, -0.05) is 44.4 Å². The summed E-state index contributed by atoms with van der Waals surface area (Å²) < 4.78 is 0. The average Bonchev–Trinajstić information content (AvgIpc) is 2.35. The van der Waals surface area contributed by atoms with E-state index < -0.39 is 0 Å². The molecular weight excluding hydrogens is 212 g/mol. The van der Waals surface area contributed by atoms with Crippen molar-refractivity contribution in [2.24, 2.45) is 0 Å². The molecule has 0 aliphatic heterocycles. The van der Waals surface area contributed by atoms with Crippen molar-refractivity contribution in [2.75, 3.05) is 18.4 Å². The maximum Gasteiger partial charge on any atom is 0.238 e. The van der Waals surface area contributed by atoms with Gasteiger partial charge < -0.3 is 10.6 Å². The molecule has 0 bridgehead atoms. The molecule has 0 saturated heterocycles. The molecule has 3 nitrogen and oxygen atoms in total. The van der Waals surface area contributed by atoms with E-state index in [1.807, 2.05) is 30.3 Å². The first-order valence-corrected chi connectivity index (χ1v) is 6.38. The Kier molecular flexibility index (Phi) is 7.07. The van der Waals surface area contributed by atoms with Crippen LogP contribution in [0.3, 0.4) is 0 Å². The van der Waals surface area contributed by atoms with E-state index in [4.69, 9.17) is 0 Å². The zero-order chi connectivity index (χ0) is 12.3. The normalized spacial score (nSPS) is 10.2. The summed E-state index contributed by atoms with van der Waals surface area (Å²) in [6.07, 6.45) is 4.91. The van der Waals surface area contributed by atoms with Crippen molar-refractivity contribution in [1.82, 2.24) is 5.32 Å². The Morgan fingerprint density at radius 2 is 1.88 bits per heavy atom. The Morgan fingerprint density at radius 3 is 2.59 bits per heavy atom. The van der Waals surface area contributed by atoms with E-state index in [9.17, 15) is 4.79 Å². The first-order valence-electron chi connectivity index (χ1n) is 6.38. The predicted octanol–water partition coefficient (Wildman–Crippen LogP) is 2.80. The monoisotopic (exact) mass is 234 g/mol. The van der Waals surface area contributed by atoms with Crippen LogP contribution in [0.2, 0.25) is 0 Å². The molecule has 1 aromatic rings. The molecule has 3 heteroatoms. The fourth-order valence-corrected chi connectivity index (χ4v) is 1.61. The number of amides is 1. The Morgan fingerprint density at radius 1 is 1.12 bits per heavy atom. The summed E-state index contributed by atoms with van der Waals surface area (Å²) in [5.41, 5.74) is 0.852. The van der Waals surface area contributed by atoms with Gasteiger partial charge in [0.15, 0.2) is 0 Å². The van der Waals surface area contributed by atoms with Crippen molar-refractivity contribution < 1.29 is 4.79 Å². The smallest absolute Gasteiger partial charge is 0.238 e. The lowest BCUT2D eigenvalue weighted by atomic mass is 10.2. The molecule has 94 valence electrons. The van der Waals surface area contributed by atoms with Crippen LogP contribution >= 0.6 is 0 Å². The summed E-state index contributed by atoms with van der Waals surface area (Å²) in [6, 6.07) is 9.53. The fourth-order valence-electron chi connectivity index (χ4n) is 1.61. The standard InChI is InChI=1S/C14H22N2O/c1-2-3-4-8-11-15-12-14(17)16-13-9-6-5-7-10-13/h5-7,9-10,15H,2-4,8,11-12H2,1H3,(H,16,17). The Bertz CT molecular complexity index is 311. The van der Waals surface area contributed by atoms with Gasteiger partial charge in [-0.25, -0.2) is 0 Å². The third-order valence-corrected chi connectivity index (χ3v) is 2.55. The van der Waals surface area contributed by atoms with E-state index >= 15 is 0 Å². The maximum absolute atomic E-state index is 11.5. The Hall–Kier alpha value is -1.35. The molecule has 0 fully saturated rings. The lowest BCUT2D eigenvalue weighted by Crippen LogP contribution is -2.28. The van der Waals surface area contributed by atoms with Crippen LogP contribution in [0.5, 0.6) is 0 Å². The van der Waals surface area contributed by atoms with Crippen LogP contribution in [0.1, 0.15) is 32.6 Å². The molecule has 1 rings (SSSR count). The maximum atomic E-state index is 11.5. The van der Waals surface area contributed by atoms with Crippen molar-refractivity contribution in [3.8, 4) is 0 Å². The number of anilines is 1. The number of nitrogens with one attached hydrogen (secondary N) is 2. The van der Waals surface area contributed by atoms with Crippen LogP contribution in [-0.4, -0.2) is 19.0 Å². The van der Waals surface area contributed by atoms with Crippen LogP contribution in [0.4, 0.5) is 5.69 Å². The van der Waals surface area contributed by atoms with Gasteiger partial charge in [-0.15, -0.1) is 0 Å². The summed E-state index contributed by atoms with van der Waals surface area (Å²) in [6.45, 7) is 3.50. The molecule has 1 aromatic carbocycles. The van der Waals surface area contributed by atoms with Crippen LogP contribution in [0.15, 0.2) is 30.3 Å². The molecule has 0 atom stereocenters. The van der Waals surface area contributed by atoms with Crippen LogP contribution < -0.4 is 10.6 Å². The average molecular weight is 234 g/mol. The number of carbonyl (C=O) groups excluding carboxylic acids is 1. The molecule has 0 heterocycles. The highest BCUT2D eigenvalue weighted by atomic mass is 16.1. The number of para-hydroxylation sites is 1. The van der Waals surface area contributed by atoms with Gasteiger partial charge in [0.2, 0.25) is 5.91 Å². The topological polar surface area (TPSA) is 41.1 Å². The van der Waals surface area contributed by atoms with Crippen molar-refractivity contribution in [3.05, 3.63) is 30.3 Å². The van der Waals surface area contributed by atoms with Crippen molar-refractivity contribution in [3.63, 3.8) is 0 Å². The highest BCUT2D eigenvalue weighted by molar-refractivity contribution is 5.92. The SMILES string of the molecule is CCCCCCNCC(=O)Nc1ccccc1. The molecule has 0 radical (unpaired) electrons. The molecule has 17 heavy (non-hydrogen) atoms. The molecule has 0 aromatic heterocycles. The van der Waals surface area contributed by atoms with Gasteiger partial charge >= 0.3 is 0 Å². The number of hydrogen-bond donors (Lipinski definition) is 2. The summed E-state index contributed by atoms with van der Waals surface area (Å²) in [4.78, 5) is 11.5. The van der Waals surface area contributed by atoms with Crippen molar-refractivity contribution >= 4 is 11.6 Å². The minimum atomic E-state index is 0.0201. The van der Waals surface area contributed by atoms with Gasteiger partial charge in [-0.3, -0.25) is 4.79 Å². The second-order valence-electron chi connectivity index (χ2n) is 4.15. The van der Waals surface area contributed by atoms with Gasteiger partial charge in [0.1, 0.15) is 0 Å². The summed E-state index contributed by atoms with van der Waals surface area (Å²) >= 11 is 0. The van der Waals surface area contributed by atoms with Gasteiger partial charge in [0.25, 0.3) is 0 Å². The largest absolute Gasteiger partial charge is 0.325 e. The summed E-state index contributed by atoms with van der Waals surface area (Å²) in [5.74, 6) is 0.0201. The Labute approximate surface area is 104 Å². The van der Waals surface area contributed by atoms with Gasteiger partial charge in [0.05, 0.1) is 6.54 Å². The van der Waals surface area contributed by atoms with Crippen molar-refractivity contribution in [1.29, 1.82) is 0 Å². The van der Waals surface area contributed by atoms with E-state index in [0.717, 1.165) is 18.7 Å². The zero-order valence-electron chi connectivity index (χ0n) is 10.5. The number of carbonyl (C=O) groups is 1. The van der Waals surface area contributed by atoms with Crippen LogP contribution in [0.25, 0.3) is 0 Å². The minimum absolute atomic E-state index is 0.0201. The van der Waals surface area contributed by atoms with Crippen LogP contribution in [-0.2, 0) is 4.79 Å².